The molecule has 1 aromatic heterocycles. The van der Waals surface area contributed by atoms with Crippen LogP contribution < -0.4 is 5.32 Å². The summed E-state index contributed by atoms with van der Waals surface area (Å²) in [7, 11) is 0. The standard InChI is InChI=1S/C20H29N5S/c1-5-25-14-18(17(4)22-25)13-23-6-8-24(9-7-23)20(26)21-19-11-15(2)10-16(3)12-19/h10-12,14H,5-9,13H2,1-4H3,(H,21,26). The second-order valence-electron chi connectivity index (χ2n) is 7.17. The van der Waals surface area contributed by atoms with Gasteiger partial charge in [-0.15, -0.1) is 0 Å². The van der Waals surface area contributed by atoms with Crippen LogP contribution in [0.5, 0.6) is 0 Å². The quantitative estimate of drug-likeness (QED) is 0.834. The van der Waals surface area contributed by atoms with Crippen LogP contribution in [0.3, 0.4) is 0 Å². The molecule has 2 aromatic rings. The molecule has 140 valence electrons. The Morgan fingerprint density at radius 1 is 1.08 bits per heavy atom. The topological polar surface area (TPSA) is 36.3 Å². The lowest BCUT2D eigenvalue weighted by Crippen LogP contribution is -2.49. The van der Waals surface area contributed by atoms with E-state index in [1.54, 1.807) is 0 Å². The smallest absolute Gasteiger partial charge is 0.173 e. The van der Waals surface area contributed by atoms with Crippen molar-refractivity contribution in [1.82, 2.24) is 19.6 Å². The lowest BCUT2D eigenvalue weighted by Gasteiger charge is -2.36. The Bertz CT molecular complexity index is 754. The van der Waals surface area contributed by atoms with Crippen molar-refractivity contribution in [2.45, 2.75) is 40.8 Å². The Labute approximate surface area is 162 Å². The number of rotatable bonds is 4. The molecule has 0 aliphatic carbocycles. The van der Waals surface area contributed by atoms with Crippen molar-refractivity contribution in [3.05, 3.63) is 46.8 Å². The molecule has 6 heteroatoms. The number of piperazine rings is 1. The van der Waals surface area contributed by atoms with Gasteiger partial charge in [-0.3, -0.25) is 9.58 Å². The Morgan fingerprint density at radius 2 is 1.73 bits per heavy atom. The van der Waals surface area contributed by atoms with E-state index in [-0.39, 0.29) is 0 Å². The molecule has 0 amide bonds. The number of benzene rings is 1. The van der Waals surface area contributed by atoms with Gasteiger partial charge in [0.1, 0.15) is 0 Å². The third-order valence-corrected chi connectivity index (χ3v) is 5.26. The molecule has 0 spiro atoms. The Hall–Kier alpha value is -1.92. The highest BCUT2D eigenvalue weighted by Crippen LogP contribution is 2.16. The van der Waals surface area contributed by atoms with Gasteiger partial charge in [0, 0.05) is 56.7 Å². The normalized spacial score (nSPS) is 15.3. The van der Waals surface area contributed by atoms with Crippen LogP contribution in [0.25, 0.3) is 0 Å². The summed E-state index contributed by atoms with van der Waals surface area (Å²) in [4.78, 5) is 4.76. The Morgan fingerprint density at radius 3 is 2.31 bits per heavy atom. The number of hydrogen-bond donors (Lipinski definition) is 1. The highest BCUT2D eigenvalue weighted by atomic mass is 32.1. The second kappa shape index (κ2) is 8.18. The number of aryl methyl sites for hydroxylation is 4. The van der Waals surface area contributed by atoms with Crippen LogP contribution in [-0.4, -0.2) is 50.9 Å². The van der Waals surface area contributed by atoms with Gasteiger partial charge in [-0.25, -0.2) is 0 Å². The van der Waals surface area contributed by atoms with E-state index in [1.165, 1.54) is 16.7 Å². The molecule has 0 atom stereocenters. The first-order chi connectivity index (χ1) is 12.4. The maximum absolute atomic E-state index is 5.63. The van der Waals surface area contributed by atoms with Crippen molar-refractivity contribution in [3.8, 4) is 0 Å². The Kier molecular flexibility index (Phi) is 5.94. The Balaban J connectivity index is 1.52. The summed E-state index contributed by atoms with van der Waals surface area (Å²) < 4.78 is 2.02. The SMILES string of the molecule is CCn1cc(CN2CCN(C(=S)Nc3cc(C)cc(C)c3)CC2)c(C)n1. The van der Waals surface area contributed by atoms with Crippen molar-refractivity contribution in [1.29, 1.82) is 0 Å². The third-order valence-electron chi connectivity index (χ3n) is 4.90. The summed E-state index contributed by atoms with van der Waals surface area (Å²) in [5, 5.41) is 8.77. The molecule has 5 nitrogen and oxygen atoms in total. The van der Waals surface area contributed by atoms with Crippen molar-refractivity contribution in [3.63, 3.8) is 0 Å². The third kappa shape index (κ3) is 4.62. The van der Waals surface area contributed by atoms with Crippen LogP contribution in [0.2, 0.25) is 0 Å². The van der Waals surface area contributed by atoms with Gasteiger partial charge >= 0.3 is 0 Å². The molecule has 1 aliphatic heterocycles. The van der Waals surface area contributed by atoms with Crippen LogP contribution in [-0.2, 0) is 13.1 Å². The predicted octanol–water partition coefficient (Wildman–Crippen LogP) is 3.34. The fourth-order valence-corrected chi connectivity index (χ4v) is 3.78. The van der Waals surface area contributed by atoms with Gasteiger partial charge in [-0.2, -0.15) is 5.10 Å². The van der Waals surface area contributed by atoms with E-state index in [0.29, 0.717) is 0 Å². The predicted molar refractivity (Wildman–Crippen MR) is 112 cm³/mol. The van der Waals surface area contributed by atoms with E-state index in [2.05, 4.69) is 72.3 Å². The molecule has 1 aliphatic rings. The number of thiocarbonyl (C=S) groups is 1. The first kappa shape index (κ1) is 18.9. The zero-order chi connectivity index (χ0) is 18.7. The molecule has 1 fully saturated rings. The molecule has 0 saturated carbocycles. The minimum Gasteiger partial charge on any atom is -0.346 e. The molecule has 1 N–H and O–H groups in total. The number of hydrogen-bond acceptors (Lipinski definition) is 3. The minimum atomic E-state index is 0.824. The number of anilines is 1. The van der Waals surface area contributed by atoms with Crippen molar-refractivity contribution < 1.29 is 0 Å². The number of aromatic nitrogens is 2. The molecule has 3 rings (SSSR count). The van der Waals surface area contributed by atoms with Gasteiger partial charge in [-0.1, -0.05) is 6.07 Å². The second-order valence-corrected chi connectivity index (χ2v) is 7.55. The van der Waals surface area contributed by atoms with Crippen molar-refractivity contribution in [2.24, 2.45) is 0 Å². The van der Waals surface area contributed by atoms with Gasteiger partial charge < -0.3 is 10.2 Å². The monoisotopic (exact) mass is 371 g/mol. The summed E-state index contributed by atoms with van der Waals surface area (Å²) in [6.07, 6.45) is 2.17. The molecule has 26 heavy (non-hydrogen) atoms. The summed E-state index contributed by atoms with van der Waals surface area (Å²) in [6, 6.07) is 6.46. The van der Waals surface area contributed by atoms with Crippen LogP contribution >= 0.6 is 12.2 Å². The van der Waals surface area contributed by atoms with E-state index in [4.69, 9.17) is 12.2 Å². The maximum atomic E-state index is 5.63. The largest absolute Gasteiger partial charge is 0.346 e. The molecule has 0 unspecified atom stereocenters. The average Bonchev–Trinajstić information content (AvgIpc) is 2.94. The van der Waals surface area contributed by atoms with Gasteiger partial charge in [0.25, 0.3) is 0 Å². The minimum absolute atomic E-state index is 0.824. The molecule has 1 saturated heterocycles. The molecular weight excluding hydrogens is 342 g/mol. The lowest BCUT2D eigenvalue weighted by molar-refractivity contribution is 0.176. The maximum Gasteiger partial charge on any atom is 0.173 e. The first-order valence-corrected chi connectivity index (χ1v) is 9.75. The molecule has 2 heterocycles. The molecule has 0 radical (unpaired) electrons. The molecular formula is C20H29N5S. The molecule has 0 bridgehead atoms. The summed E-state index contributed by atoms with van der Waals surface area (Å²) in [6.45, 7) is 14.3. The van der Waals surface area contributed by atoms with Gasteiger partial charge in [0.05, 0.1) is 5.69 Å². The van der Waals surface area contributed by atoms with Gasteiger partial charge in [0.2, 0.25) is 0 Å². The van der Waals surface area contributed by atoms with Gasteiger partial charge in [0.15, 0.2) is 5.11 Å². The van der Waals surface area contributed by atoms with Crippen LogP contribution in [0.4, 0.5) is 5.69 Å². The fourth-order valence-electron chi connectivity index (χ4n) is 3.48. The van der Waals surface area contributed by atoms with Crippen LogP contribution in [0.1, 0.15) is 29.3 Å². The molecule has 1 aromatic carbocycles. The zero-order valence-corrected chi connectivity index (χ0v) is 17.1. The van der Waals surface area contributed by atoms with E-state index in [0.717, 1.165) is 55.8 Å². The first-order valence-electron chi connectivity index (χ1n) is 9.34. The van der Waals surface area contributed by atoms with E-state index < -0.39 is 0 Å². The zero-order valence-electron chi connectivity index (χ0n) is 16.2. The highest BCUT2D eigenvalue weighted by Gasteiger charge is 2.20. The highest BCUT2D eigenvalue weighted by molar-refractivity contribution is 7.80. The lowest BCUT2D eigenvalue weighted by atomic mass is 10.1. The summed E-state index contributed by atoms with van der Waals surface area (Å²) in [5.41, 5.74) is 6.06. The fraction of sp³-hybridized carbons (Fsp3) is 0.500. The summed E-state index contributed by atoms with van der Waals surface area (Å²) >= 11 is 5.63. The van der Waals surface area contributed by atoms with Gasteiger partial charge in [-0.05, 0) is 63.2 Å². The number of nitrogens with zero attached hydrogens (tertiary/aromatic N) is 4. The summed E-state index contributed by atoms with van der Waals surface area (Å²) in [5.74, 6) is 0. The number of nitrogens with one attached hydrogen (secondary N) is 1. The average molecular weight is 372 g/mol. The van der Waals surface area contributed by atoms with E-state index >= 15 is 0 Å². The van der Waals surface area contributed by atoms with Crippen molar-refractivity contribution in [2.75, 3.05) is 31.5 Å². The van der Waals surface area contributed by atoms with Crippen LogP contribution in [0, 0.1) is 20.8 Å². The van der Waals surface area contributed by atoms with Crippen LogP contribution in [0.15, 0.2) is 24.4 Å². The van der Waals surface area contributed by atoms with E-state index in [1.807, 2.05) is 4.68 Å². The van der Waals surface area contributed by atoms with E-state index in [9.17, 15) is 0 Å². The van der Waals surface area contributed by atoms with Crippen molar-refractivity contribution >= 4 is 23.0 Å².